The topological polar surface area (TPSA) is 38.7 Å². The van der Waals surface area contributed by atoms with Gasteiger partial charge in [0.25, 0.3) is 0 Å². The molecule has 1 heterocycles. The van der Waals surface area contributed by atoms with Gasteiger partial charge < -0.3 is 14.6 Å². The van der Waals surface area contributed by atoms with Gasteiger partial charge in [-0.1, -0.05) is 24.0 Å². The Hall–Kier alpha value is -1.50. The third kappa shape index (κ3) is 3.48. The predicted molar refractivity (Wildman–Crippen MR) is 64.9 cm³/mol. The molecular weight excluding hydrogens is 216 g/mol. The zero-order valence-corrected chi connectivity index (χ0v) is 9.69. The largest absolute Gasteiger partial charge is 0.489 e. The number of aliphatic hydroxyl groups is 1. The van der Waals surface area contributed by atoms with Crippen LogP contribution in [0.15, 0.2) is 24.3 Å². The van der Waals surface area contributed by atoms with Crippen LogP contribution in [0.1, 0.15) is 18.4 Å². The molecule has 1 saturated heterocycles. The van der Waals surface area contributed by atoms with Gasteiger partial charge in [-0.3, -0.25) is 0 Å². The van der Waals surface area contributed by atoms with E-state index in [9.17, 15) is 0 Å². The zero-order chi connectivity index (χ0) is 11.9. The Morgan fingerprint density at radius 1 is 1.29 bits per heavy atom. The number of hydrogen-bond donors (Lipinski definition) is 1. The van der Waals surface area contributed by atoms with Gasteiger partial charge in [-0.2, -0.15) is 0 Å². The summed E-state index contributed by atoms with van der Waals surface area (Å²) in [6.07, 6.45) is 2.05. The molecule has 3 nitrogen and oxygen atoms in total. The highest BCUT2D eigenvalue weighted by molar-refractivity contribution is 5.46. The van der Waals surface area contributed by atoms with Crippen molar-refractivity contribution in [2.45, 2.75) is 18.9 Å². The van der Waals surface area contributed by atoms with Crippen molar-refractivity contribution < 1.29 is 14.6 Å². The summed E-state index contributed by atoms with van der Waals surface area (Å²) in [5.74, 6) is 6.33. The quantitative estimate of drug-likeness (QED) is 0.787. The van der Waals surface area contributed by atoms with E-state index in [1.807, 2.05) is 24.3 Å². The standard InChI is InChI=1S/C14H16O3/c15-9-3-5-12-4-1-2-6-14(12)17-13-7-10-16-11-8-13/h1-2,4,6,13,15H,7-11H2. The number of aliphatic hydroxyl groups excluding tert-OH is 1. The van der Waals surface area contributed by atoms with Gasteiger partial charge in [-0.15, -0.1) is 0 Å². The lowest BCUT2D eigenvalue weighted by Gasteiger charge is -2.23. The summed E-state index contributed by atoms with van der Waals surface area (Å²) in [7, 11) is 0. The van der Waals surface area contributed by atoms with Crippen LogP contribution in [-0.4, -0.2) is 31.0 Å². The summed E-state index contributed by atoms with van der Waals surface area (Å²) in [6.45, 7) is 1.38. The second kappa shape index (κ2) is 6.29. The lowest BCUT2D eigenvalue weighted by atomic mass is 10.1. The smallest absolute Gasteiger partial charge is 0.135 e. The van der Waals surface area contributed by atoms with Crippen molar-refractivity contribution in [3.05, 3.63) is 29.8 Å². The predicted octanol–water partition coefficient (Wildman–Crippen LogP) is 1.59. The van der Waals surface area contributed by atoms with Crippen molar-refractivity contribution >= 4 is 0 Å². The maximum absolute atomic E-state index is 8.71. The molecule has 1 aromatic rings. The van der Waals surface area contributed by atoms with Crippen LogP contribution in [-0.2, 0) is 4.74 Å². The molecule has 1 aliphatic heterocycles. The van der Waals surface area contributed by atoms with Gasteiger partial charge in [0.2, 0.25) is 0 Å². The molecule has 0 aromatic heterocycles. The number of benzene rings is 1. The molecule has 0 unspecified atom stereocenters. The molecule has 1 aliphatic rings. The number of hydrogen-bond acceptors (Lipinski definition) is 3. The van der Waals surface area contributed by atoms with Gasteiger partial charge in [-0.25, -0.2) is 0 Å². The highest BCUT2D eigenvalue weighted by Gasteiger charge is 2.16. The van der Waals surface area contributed by atoms with Gasteiger partial charge in [0.15, 0.2) is 0 Å². The molecule has 0 spiro atoms. The molecule has 90 valence electrons. The first-order chi connectivity index (χ1) is 8.40. The van der Waals surface area contributed by atoms with E-state index >= 15 is 0 Å². The van der Waals surface area contributed by atoms with Crippen molar-refractivity contribution in [1.29, 1.82) is 0 Å². The summed E-state index contributed by atoms with van der Waals surface area (Å²) in [6, 6.07) is 7.66. The molecule has 2 rings (SSSR count). The third-order valence-electron chi connectivity index (χ3n) is 2.65. The normalized spacial score (nSPS) is 16.1. The highest BCUT2D eigenvalue weighted by atomic mass is 16.5. The molecular formula is C14H16O3. The molecule has 0 aliphatic carbocycles. The van der Waals surface area contributed by atoms with Crippen LogP contribution in [0.3, 0.4) is 0 Å². The van der Waals surface area contributed by atoms with Crippen molar-refractivity contribution in [2.75, 3.05) is 19.8 Å². The van der Waals surface area contributed by atoms with Crippen molar-refractivity contribution in [1.82, 2.24) is 0 Å². The average molecular weight is 232 g/mol. The van der Waals surface area contributed by atoms with Crippen LogP contribution in [0.2, 0.25) is 0 Å². The van der Waals surface area contributed by atoms with Crippen LogP contribution >= 0.6 is 0 Å². The van der Waals surface area contributed by atoms with Crippen molar-refractivity contribution in [2.24, 2.45) is 0 Å². The molecule has 1 fully saturated rings. The average Bonchev–Trinajstić information content (AvgIpc) is 2.39. The number of rotatable bonds is 2. The van der Waals surface area contributed by atoms with E-state index in [0.717, 1.165) is 37.4 Å². The Bertz CT molecular complexity index is 411. The lowest BCUT2D eigenvalue weighted by Crippen LogP contribution is -2.26. The SMILES string of the molecule is OCC#Cc1ccccc1OC1CCOCC1. The first-order valence-corrected chi connectivity index (χ1v) is 5.83. The zero-order valence-electron chi connectivity index (χ0n) is 9.69. The van der Waals surface area contributed by atoms with Crippen LogP contribution in [0.5, 0.6) is 5.75 Å². The molecule has 0 atom stereocenters. The fourth-order valence-electron chi connectivity index (χ4n) is 1.78. The first-order valence-electron chi connectivity index (χ1n) is 5.83. The maximum Gasteiger partial charge on any atom is 0.135 e. The van der Waals surface area contributed by atoms with Crippen LogP contribution in [0.4, 0.5) is 0 Å². The minimum absolute atomic E-state index is 0.133. The Labute approximate surface area is 101 Å². The summed E-state index contributed by atoms with van der Waals surface area (Å²) in [5, 5.41) is 8.71. The summed E-state index contributed by atoms with van der Waals surface area (Å²) in [5.41, 5.74) is 0.827. The van der Waals surface area contributed by atoms with E-state index in [1.165, 1.54) is 0 Å². The van der Waals surface area contributed by atoms with Crippen LogP contribution in [0.25, 0.3) is 0 Å². The molecule has 0 radical (unpaired) electrons. The fourth-order valence-corrected chi connectivity index (χ4v) is 1.78. The van der Waals surface area contributed by atoms with E-state index in [-0.39, 0.29) is 12.7 Å². The van der Waals surface area contributed by atoms with Crippen LogP contribution < -0.4 is 4.74 Å². The summed E-state index contributed by atoms with van der Waals surface area (Å²) in [4.78, 5) is 0. The van der Waals surface area contributed by atoms with E-state index in [0.29, 0.717) is 0 Å². The van der Waals surface area contributed by atoms with Gasteiger partial charge in [-0.05, 0) is 12.1 Å². The molecule has 0 bridgehead atoms. The van der Waals surface area contributed by atoms with Gasteiger partial charge >= 0.3 is 0 Å². The monoisotopic (exact) mass is 232 g/mol. The van der Waals surface area contributed by atoms with Gasteiger partial charge in [0, 0.05) is 12.8 Å². The molecule has 1 N–H and O–H groups in total. The maximum atomic E-state index is 8.71. The van der Waals surface area contributed by atoms with E-state index in [4.69, 9.17) is 14.6 Å². The van der Waals surface area contributed by atoms with Crippen molar-refractivity contribution in [3.63, 3.8) is 0 Å². The number of para-hydroxylation sites is 1. The molecule has 0 saturated carbocycles. The highest BCUT2D eigenvalue weighted by Crippen LogP contribution is 2.21. The molecule has 0 amide bonds. The first kappa shape index (κ1) is 12.0. The van der Waals surface area contributed by atoms with E-state index in [2.05, 4.69) is 11.8 Å². The third-order valence-corrected chi connectivity index (χ3v) is 2.65. The molecule has 3 heteroatoms. The Kier molecular flexibility index (Phi) is 4.43. The van der Waals surface area contributed by atoms with E-state index in [1.54, 1.807) is 0 Å². The van der Waals surface area contributed by atoms with Crippen molar-refractivity contribution in [3.8, 4) is 17.6 Å². The van der Waals surface area contributed by atoms with Crippen LogP contribution in [0, 0.1) is 11.8 Å². The second-order valence-electron chi connectivity index (χ2n) is 3.89. The Balaban J connectivity index is 2.08. The van der Waals surface area contributed by atoms with Gasteiger partial charge in [0.05, 0.1) is 18.8 Å². The minimum Gasteiger partial charge on any atom is -0.489 e. The molecule has 17 heavy (non-hydrogen) atoms. The number of ether oxygens (including phenoxy) is 2. The fraction of sp³-hybridized carbons (Fsp3) is 0.429. The Morgan fingerprint density at radius 3 is 2.82 bits per heavy atom. The van der Waals surface area contributed by atoms with E-state index < -0.39 is 0 Å². The summed E-state index contributed by atoms with van der Waals surface area (Å²) >= 11 is 0. The van der Waals surface area contributed by atoms with Gasteiger partial charge in [0.1, 0.15) is 18.5 Å². The second-order valence-corrected chi connectivity index (χ2v) is 3.89. The lowest BCUT2D eigenvalue weighted by molar-refractivity contribution is 0.0254. The molecule has 1 aromatic carbocycles. The Morgan fingerprint density at radius 2 is 2.06 bits per heavy atom. The summed E-state index contributed by atoms with van der Waals surface area (Å²) < 4.78 is 11.2. The minimum atomic E-state index is -0.133.